The van der Waals surface area contributed by atoms with Gasteiger partial charge in [-0.1, -0.05) is 20.3 Å². The van der Waals surface area contributed by atoms with E-state index in [1.807, 2.05) is 0 Å². The summed E-state index contributed by atoms with van der Waals surface area (Å²) < 4.78 is 12.2. The minimum atomic E-state index is -0.0956. The van der Waals surface area contributed by atoms with Crippen LogP contribution in [-0.2, 0) is 14.3 Å². The van der Waals surface area contributed by atoms with E-state index in [2.05, 4.69) is 19.2 Å². The number of carbonyl (C=O) groups is 1. The van der Waals surface area contributed by atoms with Crippen molar-refractivity contribution in [3.63, 3.8) is 0 Å². The SMILES string of the molecule is CC1CCCC2(C)CC3OC(=O)C(CNCCCO)C3C3OC132. The molecule has 4 aliphatic rings. The van der Waals surface area contributed by atoms with Gasteiger partial charge in [0.2, 0.25) is 0 Å². The molecule has 1 spiro atoms. The summed E-state index contributed by atoms with van der Waals surface area (Å²) in [7, 11) is 0. The number of epoxide rings is 1. The lowest BCUT2D eigenvalue weighted by Gasteiger charge is -2.48. The number of fused-ring (bicyclic) bond motifs is 2. The number of hydrogen-bond donors (Lipinski definition) is 2. The molecule has 2 aliphatic carbocycles. The summed E-state index contributed by atoms with van der Waals surface area (Å²) in [6.45, 7) is 6.23. The predicted octanol–water partition coefficient (Wildman–Crippen LogP) is 1.48. The Hall–Kier alpha value is -0.650. The minimum absolute atomic E-state index is 0.0102. The Balaban J connectivity index is 1.52. The smallest absolute Gasteiger partial charge is 0.311 e. The molecule has 4 rings (SSSR count). The van der Waals surface area contributed by atoms with Gasteiger partial charge in [-0.25, -0.2) is 0 Å². The van der Waals surface area contributed by atoms with Crippen LogP contribution in [0.2, 0.25) is 0 Å². The number of nitrogens with one attached hydrogen (secondary N) is 1. The summed E-state index contributed by atoms with van der Waals surface area (Å²) in [4.78, 5) is 12.4. The maximum atomic E-state index is 12.4. The standard InChI is InChI=1S/C18H29NO4/c1-11-5-3-6-17(2)9-13-14(15-18(11,17)23-15)12(16(21)22-13)10-19-7-4-8-20/h11-15,19-20H,3-10H2,1-2H3. The first-order valence-electron chi connectivity index (χ1n) is 9.23. The normalized spacial score (nSPS) is 50.7. The van der Waals surface area contributed by atoms with Crippen LogP contribution >= 0.6 is 0 Å². The van der Waals surface area contributed by atoms with Crippen molar-refractivity contribution in [2.75, 3.05) is 19.7 Å². The average Bonchev–Trinajstić information content (AvgIpc) is 3.18. The molecular formula is C18H29NO4. The van der Waals surface area contributed by atoms with E-state index in [1.165, 1.54) is 19.3 Å². The Morgan fingerprint density at radius 3 is 3.04 bits per heavy atom. The summed E-state index contributed by atoms with van der Waals surface area (Å²) in [5, 5.41) is 12.2. The minimum Gasteiger partial charge on any atom is -0.462 e. The first kappa shape index (κ1) is 15.9. The second kappa shape index (κ2) is 5.43. The highest BCUT2D eigenvalue weighted by molar-refractivity contribution is 5.76. The quantitative estimate of drug-likeness (QED) is 0.456. The molecule has 2 heterocycles. The molecule has 4 fully saturated rings. The molecule has 0 bridgehead atoms. The van der Waals surface area contributed by atoms with E-state index in [4.69, 9.17) is 14.6 Å². The van der Waals surface area contributed by atoms with E-state index in [-0.39, 0.29) is 47.6 Å². The average molecular weight is 323 g/mol. The van der Waals surface area contributed by atoms with E-state index in [0.29, 0.717) is 12.5 Å². The molecule has 5 nitrogen and oxygen atoms in total. The number of hydrogen-bond acceptors (Lipinski definition) is 5. The number of aliphatic hydroxyl groups is 1. The van der Waals surface area contributed by atoms with Gasteiger partial charge in [-0.15, -0.1) is 0 Å². The van der Waals surface area contributed by atoms with Crippen LogP contribution < -0.4 is 5.32 Å². The third kappa shape index (κ3) is 2.12. The van der Waals surface area contributed by atoms with Crippen LogP contribution in [0.3, 0.4) is 0 Å². The highest BCUT2D eigenvalue weighted by Gasteiger charge is 2.78. The second-order valence-electron chi connectivity index (χ2n) is 8.33. The summed E-state index contributed by atoms with van der Waals surface area (Å²) in [5.41, 5.74) is 0.153. The van der Waals surface area contributed by atoms with Crippen LogP contribution in [0.25, 0.3) is 0 Å². The highest BCUT2D eigenvalue weighted by Crippen LogP contribution is 2.70. The Kier molecular flexibility index (Phi) is 3.74. The van der Waals surface area contributed by atoms with E-state index in [0.717, 1.165) is 19.4 Å². The van der Waals surface area contributed by atoms with Crippen LogP contribution in [0.4, 0.5) is 0 Å². The van der Waals surface area contributed by atoms with Crippen molar-refractivity contribution in [2.45, 2.75) is 63.8 Å². The monoisotopic (exact) mass is 323 g/mol. The van der Waals surface area contributed by atoms with Crippen molar-refractivity contribution in [1.82, 2.24) is 5.32 Å². The third-order valence-electron chi connectivity index (χ3n) is 7.07. The van der Waals surface area contributed by atoms with Gasteiger partial charge in [-0.05, 0) is 38.1 Å². The molecule has 23 heavy (non-hydrogen) atoms. The molecule has 2 saturated carbocycles. The summed E-state index contributed by atoms with van der Waals surface area (Å²) in [5.74, 6) is 0.627. The van der Waals surface area contributed by atoms with Crippen molar-refractivity contribution >= 4 is 5.97 Å². The number of ether oxygens (including phenoxy) is 2. The van der Waals surface area contributed by atoms with E-state index in [9.17, 15) is 4.79 Å². The molecule has 0 aromatic heterocycles. The number of aliphatic hydroxyl groups excluding tert-OH is 1. The molecule has 130 valence electrons. The van der Waals surface area contributed by atoms with Crippen LogP contribution in [0.1, 0.15) is 46.0 Å². The molecule has 0 amide bonds. The van der Waals surface area contributed by atoms with Crippen LogP contribution in [0.15, 0.2) is 0 Å². The van der Waals surface area contributed by atoms with Gasteiger partial charge in [0.05, 0.1) is 12.0 Å². The van der Waals surface area contributed by atoms with E-state index in [1.54, 1.807) is 0 Å². The lowest BCUT2D eigenvalue weighted by Crippen LogP contribution is -2.54. The first-order valence-corrected chi connectivity index (χ1v) is 9.23. The molecule has 0 aromatic carbocycles. The summed E-state index contributed by atoms with van der Waals surface area (Å²) >= 11 is 0. The van der Waals surface area contributed by atoms with Crippen molar-refractivity contribution in [2.24, 2.45) is 23.2 Å². The van der Waals surface area contributed by atoms with Crippen LogP contribution in [-0.4, -0.2) is 48.6 Å². The van der Waals surface area contributed by atoms with Crippen molar-refractivity contribution in [3.05, 3.63) is 0 Å². The lowest BCUT2D eigenvalue weighted by molar-refractivity contribution is -0.146. The maximum Gasteiger partial charge on any atom is 0.311 e. The van der Waals surface area contributed by atoms with E-state index < -0.39 is 0 Å². The molecule has 2 aliphatic heterocycles. The molecule has 7 atom stereocenters. The fourth-order valence-corrected chi connectivity index (χ4v) is 5.93. The number of esters is 1. The molecule has 2 saturated heterocycles. The summed E-state index contributed by atoms with van der Waals surface area (Å²) in [6, 6.07) is 0. The number of carbonyl (C=O) groups excluding carboxylic acids is 1. The van der Waals surface area contributed by atoms with Gasteiger partial charge in [0, 0.05) is 24.5 Å². The second-order valence-corrected chi connectivity index (χ2v) is 8.33. The fraction of sp³-hybridized carbons (Fsp3) is 0.944. The fourth-order valence-electron chi connectivity index (χ4n) is 5.93. The van der Waals surface area contributed by atoms with Gasteiger partial charge < -0.3 is 19.9 Å². The Bertz CT molecular complexity index is 497. The molecule has 0 aromatic rings. The molecule has 2 N–H and O–H groups in total. The maximum absolute atomic E-state index is 12.4. The van der Waals surface area contributed by atoms with Crippen molar-refractivity contribution < 1.29 is 19.4 Å². The Labute approximate surface area is 138 Å². The molecule has 5 heteroatoms. The van der Waals surface area contributed by atoms with Gasteiger partial charge in [-0.2, -0.15) is 0 Å². The van der Waals surface area contributed by atoms with E-state index >= 15 is 0 Å². The van der Waals surface area contributed by atoms with Gasteiger partial charge in [-0.3, -0.25) is 4.79 Å². The van der Waals surface area contributed by atoms with Gasteiger partial charge in [0.25, 0.3) is 0 Å². The molecule has 0 radical (unpaired) electrons. The number of rotatable bonds is 5. The Morgan fingerprint density at radius 1 is 1.43 bits per heavy atom. The van der Waals surface area contributed by atoms with Crippen LogP contribution in [0.5, 0.6) is 0 Å². The first-order chi connectivity index (χ1) is 11.0. The van der Waals surface area contributed by atoms with Crippen LogP contribution in [0, 0.1) is 23.2 Å². The lowest BCUT2D eigenvalue weighted by atomic mass is 9.53. The van der Waals surface area contributed by atoms with Crippen molar-refractivity contribution in [3.8, 4) is 0 Å². The highest BCUT2D eigenvalue weighted by atomic mass is 16.6. The molecular weight excluding hydrogens is 294 g/mol. The summed E-state index contributed by atoms with van der Waals surface area (Å²) in [6.07, 6.45) is 5.57. The van der Waals surface area contributed by atoms with Gasteiger partial charge in [0.15, 0.2) is 0 Å². The predicted molar refractivity (Wildman–Crippen MR) is 84.8 cm³/mol. The molecule has 7 unspecified atom stereocenters. The van der Waals surface area contributed by atoms with Crippen molar-refractivity contribution in [1.29, 1.82) is 0 Å². The zero-order valence-corrected chi connectivity index (χ0v) is 14.2. The topological polar surface area (TPSA) is 71.1 Å². The zero-order valence-electron chi connectivity index (χ0n) is 14.2. The van der Waals surface area contributed by atoms with Gasteiger partial charge >= 0.3 is 5.97 Å². The zero-order chi connectivity index (χ0) is 16.2. The Morgan fingerprint density at radius 2 is 2.26 bits per heavy atom. The largest absolute Gasteiger partial charge is 0.462 e. The third-order valence-corrected chi connectivity index (χ3v) is 7.07. The van der Waals surface area contributed by atoms with Gasteiger partial charge in [0.1, 0.15) is 11.7 Å².